The van der Waals surface area contributed by atoms with E-state index in [1.54, 1.807) is 0 Å². The van der Waals surface area contributed by atoms with Crippen LogP contribution in [0.15, 0.2) is 0 Å². The van der Waals surface area contributed by atoms with Crippen molar-refractivity contribution in [1.82, 2.24) is 0 Å². The van der Waals surface area contributed by atoms with Crippen LogP contribution in [-0.4, -0.2) is 65.1 Å². The van der Waals surface area contributed by atoms with Crippen LogP contribution in [0.2, 0.25) is 0 Å². The molecule has 0 radical (unpaired) electrons. The van der Waals surface area contributed by atoms with Crippen molar-refractivity contribution in [2.75, 3.05) is 13.2 Å². The minimum absolute atomic E-state index is 0. The van der Waals surface area contributed by atoms with Gasteiger partial charge in [-0.2, -0.15) is 0 Å². The Kier molecular flexibility index (Phi) is 35.8. The fraction of sp³-hybridized carbons (Fsp3) is 0.970. The number of hydrogen-bond acceptors (Lipinski definition) is 4. The fourth-order valence-electron chi connectivity index (χ4n) is 5.20. The van der Waals surface area contributed by atoms with E-state index < -0.39 is 6.10 Å². The molecule has 5 heteroatoms. The quantitative estimate of drug-likeness (QED) is 0.0532. The molecule has 0 spiro atoms. The van der Waals surface area contributed by atoms with Crippen molar-refractivity contribution in [3.8, 4) is 0 Å². The Balaban J connectivity index is 0. The maximum atomic E-state index is 12.6. The van der Waals surface area contributed by atoms with Crippen LogP contribution in [0.25, 0.3) is 0 Å². The van der Waals surface area contributed by atoms with E-state index in [2.05, 4.69) is 13.8 Å². The molecule has 4 nitrogen and oxygen atoms in total. The molecule has 0 heterocycles. The molecule has 0 rings (SSSR count). The predicted molar refractivity (Wildman–Crippen MR) is 166 cm³/mol. The minimum atomic E-state index is -0.832. The normalized spacial score (nSPS) is 12.7. The van der Waals surface area contributed by atoms with Gasteiger partial charge in [-0.1, -0.05) is 162 Å². The molecule has 0 saturated carbocycles. The van der Waals surface area contributed by atoms with Crippen LogP contribution < -0.4 is 0 Å². The molecule has 0 aromatic carbocycles. The molecule has 2 N–H and O–H groups in total. The number of aliphatic hydroxyl groups excluding tert-OH is 2. The topological polar surface area (TPSA) is 66.8 Å². The van der Waals surface area contributed by atoms with Crippen LogP contribution in [0.5, 0.6) is 0 Å². The zero-order chi connectivity index (χ0) is 27.2. The van der Waals surface area contributed by atoms with Crippen molar-refractivity contribution in [3.63, 3.8) is 0 Å². The Morgan fingerprint density at radius 1 is 0.579 bits per heavy atom. The maximum absolute atomic E-state index is 12.6. The first-order chi connectivity index (χ1) is 18.2. The molecular formula is C33H67NaO4. The van der Waals surface area contributed by atoms with Gasteiger partial charge in [0.05, 0.1) is 25.2 Å². The molecule has 0 aromatic heterocycles. The standard InChI is InChI=1S/C33H66O4.Na.H/c1-3-5-7-9-11-13-15-16-17-18-19-21-23-25-27-31(29-32(35)30-34)33(36)37-28-26-24-22-20-14-12-10-8-6-4-2;;/h31-32,34-35H,3-30H2,1-2H3;;. The van der Waals surface area contributed by atoms with E-state index in [-0.39, 0.29) is 48.1 Å². The summed E-state index contributed by atoms with van der Waals surface area (Å²) in [7, 11) is 0. The Hall–Kier alpha value is 0.390. The van der Waals surface area contributed by atoms with Gasteiger partial charge >= 0.3 is 35.5 Å². The van der Waals surface area contributed by atoms with Gasteiger partial charge in [-0.25, -0.2) is 0 Å². The zero-order valence-corrected chi connectivity index (χ0v) is 25.2. The molecule has 0 aliphatic rings. The van der Waals surface area contributed by atoms with Gasteiger partial charge in [0.1, 0.15) is 0 Å². The first kappa shape index (κ1) is 40.5. The molecule has 0 bridgehead atoms. The summed E-state index contributed by atoms with van der Waals surface area (Å²) in [5, 5.41) is 19.1. The molecule has 0 amide bonds. The Morgan fingerprint density at radius 2 is 0.921 bits per heavy atom. The van der Waals surface area contributed by atoms with Gasteiger partial charge in [-0.3, -0.25) is 4.79 Å². The molecule has 0 aromatic rings. The van der Waals surface area contributed by atoms with E-state index in [1.807, 2.05) is 0 Å². The van der Waals surface area contributed by atoms with Crippen LogP contribution in [0.1, 0.15) is 181 Å². The average molecular weight is 551 g/mol. The van der Waals surface area contributed by atoms with E-state index in [0.717, 1.165) is 32.1 Å². The van der Waals surface area contributed by atoms with Crippen molar-refractivity contribution in [3.05, 3.63) is 0 Å². The summed E-state index contributed by atoms with van der Waals surface area (Å²) in [6.45, 7) is 4.72. The number of carbonyl (C=O) groups is 1. The first-order valence-corrected chi connectivity index (χ1v) is 16.6. The SMILES string of the molecule is CCCCCCCCCCCCCCCCC(CC(O)CO)C(=O)OCCCCCCCCCCCC.[NaH]. The van der Waals surface area contributed by atoms with E-state index >= 15 is 0 Å². The van der Waals surface area contributed by atoms with Gasteiger partial charge in [0.2, 0.25) is 0 Å². The van der Waals surface area contributed by atoms with Crippen molar-refractivity contribution < 1.29 is 19.7 Å². The number of esters is 1. The predicted octanol–water partition coefficient (Wildman–Crippen LogP) is 9.03. The second kappa shape index (κ2) is 33.6. The number of ether oxygens (including phenoxy) is 1. The Morgan fingerprint density at radius 3 is 1.29 bits per heavy atom. The van der Waals surface area contributed by atoms with E-state index in [0.29, 0.717) is 13.0 Å². The Labute approximate surface area is 260 Å². The molecule has 0 fully saturated rings. The van der Waals surface area contributed by atoms with E-state index in [1.165, 1.54) is 128 Å². The van der Waals surface area contributed by atoms with Gasteiger partial charge in [-0.15, -0.1) is 0 Å². The Bertz CT molecular complexity index is 460. The number of rotatable bonds is 30. The van der Waals surface area contributed by atoms with Gasteiger partial charge in [-0.05, 0) is 19.3 Å². The number of unbranched alkanes of at least 4 members (excludes halogenated alkanes) is 22. The van der Waals surface area contributed by atoms with Crippen molar-refractivity contribution in [1.29, 1.82) is 0 Å². The average Bonchev–Trinajstić information content (AvgIpc) is 2.90. The summed E-state index contributed by atoms with van der Waals surface area (Å²) in [6.07, 6.45) is 31.3. The molecule has 0 saturated heterocycles. The second-order valence-electron chi connectivity index (χ2n) is 11.5. The summed E-state index contributed by atoms with van der Waals surface area (Å²) in [6, 6.07) is 0. The van der Waals surface area contributed by atoms with Gasteiger partial charge in [0.25, 0.3) is 0 Å². The molecule has 2 unspecified atom stereocenters. The number of aliphatic hydroxyl groups is 2. The van der Waals surface area contributed by atoms with Crippen LogP contribution in [0, 0.1) is 5.92 Å². The van der Waals surface area contributed by atoms with Gasteiger partial charge < -0.3 is 14.9 Å². The number of hydrogen-bond donors (Lipinski definition) is 2. The molecular weight excluding hydrogens is 483 g/mol. The van der Waals surface area contributed by atoms with Crippen LogP contribution >= 0.6 is 0 Å². The van der Waals surface area contributed by atoms with Crippen molar-refractivity contribution in [2.45, 2.75) is 187 Å². The third-order valence-corrected chi connectivity index (χ3v) is 7.75. The van der Waals surface area contributed by atoms with Gasteiger partial charge in [0.15, 0.2) is 0 Å². The molecule has 38 heavy (non-hydrogen) atoms. The summed E-state index contributed by atoms with van der Waals surface area (Å²) in [4.78, 5) is 12.6. The van der Waals surface area contributed by atoms with Crippen LogP contribution in [0.4, 0.5) is 0 Å². The third kappa shape index (κ3) is 29.4. The molecule has 2 atom stereocenters. The number of carbonyl (C=O) groups excluding carboxylic acids is 1. The summed E-state index contributed by atoms with van der Waals surface area (Å²) < 4.78 is 5.56. The van der Waals surface area contributed by atoms with Crippen LogP contribution in [-0.2, 0) is 9.53 Å². The molecule has 0 aliphatic heterocycles. The summed E-state index contributed by atoms with van der Waals surface area (Å²) in [5.74, 6) is -0.472. The van der Waals surface area contributed by atoms with Crippen molar-refractivity contribution >= 4 is 35.5 Å². The first-order valence-electron chi connectivity index (χ1n) is 16.6. The van der Waals surface area contributed by atoms with Crippen molar-refractivity contribution in [2.24, 2.45) is 5.92 Å². The van der Waals surface area contributed by atoms with Crippen LogP contribution in [0.3, 0.4) is 0 Å². The van der Waals surface area contributed by atoms with Gasteiger partial charge in [0, 0.05) is 0 Å². The fourth-order valence-corrected chi connectivity index (χ4v) is 5.20. The monoisotopic (exact) mass is 550 g/mol. The summed E-state index contributed by atoms with van der Waals surface area (Å²) >= 11 is 0. The third-order valence-electron chi connectivity index (χ3n) is 7.75. The summed E-state index contributed by atoms with van der Waals surface area (Å²) in [5.41, 5.74) is 0. The zero-order valence-electron chi connectivity index (χ0n) is 25.2. The molecule has 0 aliphatic carbocycles. The van der Waals surface area contributed by atoms with E-state index in [9.17, 15) is 15.0 Å². The second-order valence-corrected chi connectivity index (χ2v) is 11.5. The van der Waals surface area contributed by atoms with E-state index in [4.69, 9.17) is 4.74 Å². The molecule has 224 valence electrons.